The van der Waals surface area contributed by atoms with Crippen LogP contribution in [0.5, 0.6) is 0 Å². The zero-order valence-electron chi connectivity index (χ0n) is 16.9. The third-order valence-corrected chi connectivity index (χ3v) is 7.29. The van der Waals surface area contributed by atoms with Crippen molar-refractivity contribution in [1.82, 2.24) is 13.8 Å². The van der Waals surface area contributed by atoms with Gasteiger partial charge in [0.1, 0.15) is 0 Å². The zero-order valence-corrected chi connectivity index (χ0v) is 17.7. The number of nitrogens with one attached hydrogen (secondary N) is 1. The highest BCUT2D eigenvalue weighted by Gasteiger charge is 2.30. The number of carbonyl (C=O) groups is 1. The molecule has 2 heterocycles. The summed E-state index contributed by atoms with van der Waals surface area (Å²) in [6.45, 7) is 4.37. The number of likely N-dealkylation sites (N-methyl/N-ethyl adjacent to an activating group) is 1. The first-order valence-electron chi connectivity index (χ1n) is 9.82. The Morgan fingerprint density at radius 1 is 1.21 bits per heavy atom. The molecule has 1 aromatic carbocycles. The van der Waals surface area contributed by atoms with Gasteiger partial charge in [-0.15, -0.1) is 0 Å². The fourth-order valence-electron chi connectivity index (χ4n) is 3.60. The lowest BCUT2D eigenvalue weighted by Crippen LogP contribution is -2.42. The van der Waals surface area contributed by atoms with Gasteiger partial charge in [0.05, 0.1) is 5.75 Å². The molecule has 0 bridgehead atoms. The first-order chi connectivity index (χ1) is 13.3. The van der Waals surface area contributed by atoms with E-state index in [1.165, 1.54) is 4.31 Å². The third-order valence-electron chi connectivity index (χ3n) is 5.41. The van der Waals surface area contributed by atoms with Crippen molar-refractivity contribution in [1.29, 1.82) is 0 Å². The van der Waals surface area contributed by atoms with Gasteiger partial charge >= 0.3 is 0 Å². The van der Waals surface area contributed by atoms with Crippen LogP contribution in [0.4, 0.5) is 5.69 Å². The second-order valence-electron chi connectivity index (χ2n) is 7.65. The third kappa shape index (κ3) is 4.74. The number of rotatable bonds is 7. The maximum absolute atomic E-state index is 12.6. The maximum atomic E-state index is 12.6. The van der Waals surface area contributed by atoms with Crippen LogP contribution in [0.3, 0.4) is 0 Å². The van der Waals surface area contributed by atoms with Gasteiger partial charge in [0, 0.05) is 54.9 Å². The maximum Gasteiger partial charge on any atom is 0.227 e. The van der Waals surface area contributed by atoms with Gasteiger partial charge < -0.3 is 14.8 Å². The molecular weight excluding hydrogens is 376 g/mol. The zero-order chi connectivity index (χ0) is 20.3. The Morgan fingerprint density at radius 3 is 2.57 bits per heavy atom. The summed E-state index contributed by atoms with van der Waals surface area (Å²) < 4.78 is 27.6. The summed E-state index contributed by atoms with van der Waals surface area (Å²) >= 11 is 0. The van der Waals surface area contributed by atoms with Crippen molar-refractivity contribution in [3.05, 3.63) is 30.5 Å². The molecule has 28 heavy (non-hydrogen) atoms. The van der Waals surface area contributed by atoms with Crippen molar-refractivity contribution >= 4 is 32.5 Å². The molecule has 1 aliphatic rings. The topological polar surface area (TPSA) is 74.6 Å². The molecule has 0 radical (unpaired) electrons. The summed E-state index contributed by atoms with van der Waals surface area (Å²) in [5, 5.41) is 4.10. The largest absolute Gasteiger partial charge is 0.346 e. The molecule has 154 valence electrons. The van der Waals surface area contributed by atoms with Crippen LogP contribution in [-0.4, -0.2) is 67.6 Å². The number of benzene rings is 1. The summed E-state index contributed by atoms with van der Waals surface area (Å²) in [7, 11) is 0.949. The molecule has 1 fully saturated rings. The molecule has 2 aromatic rings. The predicted molar refractivity (Wildman–Crippen MR) is 113 cm³/mol. The van der Waals surface area contributed by atoms with Crippen LogP contribution < -0.4 is 5.32 Å². The molecule has 0 aliphatic carbocycles. The van der Waals surface area contributed by atoms with E-state index in [0.717, 1.165) is 29.7 Å². The highest BCUT2D eigenvalue weighted by Crippen LogP contribution is 2.24. The van der Waals surface area contributed by atoms with Gasteiger partial charge in [-0.3, -0.25) is 4.79 Å². The van der Waals surface area contributed by atoms with Crippen molar-refractivity contribution in [2.24, 2.45) is 5.92 Å². The molecule has 1 saturated heterocycles. The molecule has 0 unspecified atom stereocenters. The number of sulfonamides is 1. The highest BCUT2D eigenvalue weighted by atomic mass is 32.2. The van der Waals surface area contributed by atoms with E-state index in [4.69, 9.17) is 0 Å². The van der Waals surface area contributed by atoms with E-state index >= 15 is 0 Å². The van der Waals surface area contributed by atoms with Gasteiger partial charge in [-0.05, 0) is 58.1 Å². The molecule has 1 amide bonds. The summed E-state index contributed by atoms with van der Waals surface area (Å²) in [5.74, 6) is -0.0680. The average molecular weight is 407 g/mol. The van der Waals surface area contributed by atoms with Crippen LogP contribution >= 0.6 is 0 Å². The van der Waals surface area contributed by atoms with Gasteiger partial charge in [-0.2, -0.15) is 0 Å². The Kier molecular flexibility index (Phi) is 6.42. The Labute approximate surface area is 167 Å². The average Bonchev–Trinajstić information content (AvgIpc) is 3.08. The fourth-order valence-corrected chi connectivity index (χ4v) is 4.74. The smallest absolute Gasteiger partial charge is 0.227 e. The molecular formula is C20H30N4O3S. The number of amides is 1. The highest BCUT2D eigenvalue weighted by molar-refractivity contribution is 7.89. The minimum Gasteiger partial charge on any atom is -0.346 e. The molecule has 0 saturated carbocycles. The number of hydrogen-bond acceptors (Lipinski definition) is 4. The van der Waals surface area contributed by atoms with E-state index in [1.807, 2.05) is 18.2 Å². The first-order valence-corrected chi connectivity index (χ1v) is 11.4. The van der Waals surface area contributed by atoms with Crippen LogP contribution in [-0.2, 0) is 21.4 Å². The molecule has 0 atom stereocenters. The number of aromatic nitrogens is 1. The van der Waals surface area contributed by atoms with Crippen molar-refractivity contribution in [2.75, 3.05) is 44.8 Å². The number of hydrogen-bond donors (Lipinski definition) is 1. The standard InChI is InChI=1S/C20H30N4O3S/c1-4-28(26,27)24-11-8-16(9-12-24)20(25)21-18-5-6-19-17(15-18)7-10-23(19)14-13-22(2)3/h5-7,10,15-16H,4,8-9,11-14H2,1-3H3,(H,21,25). The molecule has 3 rings (SSSR count). The monoisotopic (exact) mass is 406 g/mol. The summed E-state index contributed by atoms with van der Waals surface area (Å²) in [6.07, 6.45) is 3.20. The summed E-state index contributed by atoms with van der Waals surface area (Å²) in [5.41, 5.74) is 1.93. The number of anilines is 1. The van der Waals surface area contributed by atoms with Gasteiger partial charge in [0.25, 0.3) is 0 Å². The van der Waals surface area contributed by atoms with Crippen LogP contribution in [0.25, 0.3) is 10.9 Å². The molecule has 1 N–H and O–H groups in total. The molecule has 1 aliphatic heterocycles. The number of carbonyl (C=O) groups excluding carboxylic acids is 1. The summed E-state index contributed by atoms with van der Waals surface area (Å²) in [4.78, 5) is 14.8. The Balaban J connectivity index is 1.61. The Bertz CT molecular complexity index is 928. The minimum absolute atomic E-state index is 0.0278. The van der Waals surface area contributed by atoms with E-state index in [-0.39, 0.29) is 17.6 Å². The van der Waals surface area contributed by atoms with Crippen molar-refractivity contribution in [2.45, 2.75) is 26.3 Å². The number of fused-ring (bicyclic) bond motifs is 1. The van der Waals surface area contributed by atoms with Crippen molar-refractivity contribution < 1.29 is 13.2 Å². The quantitative estimate of drug-likeness (QED) is 0.765. The van der Waals surface area contributed by atoms with E-state index in [0.29, 0.717) is 25.9 Å². The van der Waals surface area contributed by atoms with E-state index in [1.54, 1.807) is 6.92 Å². The lowest BCUT2D eigenvalue weighted by Gasteiger charge is -2.30. The number of nitrogens with zero attached hydrogens (tertiary/aromatic N) is 3. The van der Waals surface area contributed by atoms with Crippen LogP contribution in [0.2, 0.25) is 0 Å². The van der Waals surface area contributed by atoms with Gasteiger partial charge in [0.15, 0.2) is 0 Å². The molecule has 0 spiro atoms. The van der Waals surface area contributed by atoms with E-state index < -0.39 is 10.0 Å². The SMILES string of the molecule is CCS(=O)(=O)N1CCC(C(=O)Nc2ccc3c(ccn3CCN(C)C)c2)CC1. The first kappa shape index (κ1) is 20.8. The Morgan fingerprint density at radius 2 is 1.93 bits per heavy atom. The fraction of sp³-hybridized carbons (Fsp3) is 0.550. The normalized spacial score (nSPS) is 16.7. The lowest BCUT2D eigenvalue weighted by atomic mass is 9.97. The summed E-state index contributed by atoms with van der Waals surface area (Å²) in [6, 6.07) is 8.03. The molecule has 1 aromatic heterocycles. The van der Waals surface area contributed by atoms with Crippen molar-refractivity contribution in [3.63, 3.8) is 0 Å². The van der Waals surface area contributed by atoms with Gasteiger partial charge in [-0.25, -0.2) is 12.7 Å². The number of piperidine rings is 1. The van der Waals surface area contributed by atoms with Crippen LogP contribution in [0.1, 0.15) is 19.8 Å². The lowest BCUT2D eigenvalue weighted by molar-refractivity contribution is -0.120. The second-order valence-corrected chi connectivity index (χ2v) is 9.91. The van der Waals surface area contributed by atoms with Gasteiger partial charge in [-0.1, -0.05) is 0 Å². The van der Waals surface area contributed by atoms with Crippen LogP contribution in [0.15, 0.2) is 30.5 Å². The second kappa shape index (κ2) is 8.63. The van der Waals surface area contributed by atoms with E-state index in [9.17, 15) is 13.2 Å². The van der Waals surface area contributed by atoms with Crippen molar-refractivity contribution in [3.8, 4) is 0 Å². The van der Waals surface area contributed by atoms with E-state index in [2.05, 4.69) is 41.1 Å². The van der Waals surface area contributed by atoms with Crippen LogP contribution in [0, 0.1) is 5.92 Å². The molecule has 8 heteroatoms. The molecule has 7 nitrogen and oxygen atoms in total. The van der Waals surface area contributed by atoms with Gasteiger partial charge in [0.2, 0.25) is 15.9 Å². The minimum atomic E-state index is -3.17. The predicted octanol–water partition coefficient (Wildman–Crippen LogP) is 2.20. The Hall–Kier alpha value is -1.90.